The van der Waals surface area contributed by atoms with E-state index in [0.29, 0.717) is 0 Å². The second-order valence-electron chi connectivity index (χ2n) is 6.74. The maximum Gasteiger partial charge on any atom is 0.120 e. The van der Waals surface area contributed by atoms with E-state index >= 15 is 0 Å². The first-order chi connectivity index (χ1) is 12.7. The van der Waals surface area contributed by atoms with Crippen LogP contribution in [0.15, 0.2) is 53.4 Å². The average Bonchev–Trinajstić information content (AvgIpc) is 2.69. The smallest absolute Gasteiger partial charge is 0.120 e. The Labute approximate surface area is 161 Å². The lowest BCUT2D eigenvalue weighted by molar-refractivity contribution is 0.413. The SMILES string of the molecule is CC/C=C1\c2ccc(OC)cc2SCC1(CCC)c1ccc(OC)cc1. The molecule has 0 aromatic heterocycles. The van der Waals surface area contributed by atoms with Crippen LogP contribution in [0.1, 0.15) is 44.2 Å². The number of hydrogen-bond acceptors (Lipinski definition) is 3. The van der Waals surface area contributed by atoms with Gasteiger partial charge in [-0.1, -0.05) is 38.5 Å². The van der Waals surface area contributed by atoms with E-state index in [2.05, 4.69) is 62.4 Å². The molecule has 138 valence electrons. The molecular weight excluding hydrogens is 340 g/mol. The van der Waals surface area contributed by atoms with Gasteiger partial charge >= 0.3 is 0 Å². The van der Waals surface area contributed by atoms with Crippen molar-refractivity contribution in [2.24, 2.45) is 0 Å². The lowest BCUT2D eigenvalue weighted by Crippen LogP contribution is -2.33. The Morgan fingerprint density at radius 2 is 1.69 bits per heavy atom. The van der Waals surface area contributed by atoms with Crippen molar-refractivity contribution in [1.29, 1.82) is 0 Å². The summed E-state index contributed by atoms with van der Waals surface area (Å²) < 4.78 is 10.8. The number of rotatable bonds is 6. The van der Waals surface area contributed by atoms with Gasteiger partial charge in [-0.15, -0.1) is 11.8 Å². The molecule has 0 amide bonds. The lowest BCUT2D eigenvalue weighted by Gasteiger charge is -2.41. The van der Waals surface area contributed by atoms with E-state index in [9.17, 15) is 0 Å². The fraction of sp³-hybridized carbons (Fsp3) is 0.391. The van der Waals surface area contributed by atoms with Gasteiger partial charge < -0.3 is 9.47 Å². The first-order valence-electron chi connectivity index (χ1n) is 9.35. The average molecular weight is 369 g/mol. The normalized spacial score (nSPS) is 20.7. The van der Waals surface area contributed by atoms with Gasteiger partial charge in [0.2, 0.25) is 0 Å². The Hall–Kier alpha value is -1.87. The molecule has 1 atom stereocenters. The highest BCUT2D eigenvalue weighted by Gasteiger charge is 2.40. The molecule has 3 rings (SSSR count). The zero-order valence-electron chi connectivity index (χ0n) is 16.2. The first-order valence-corrected chi connectivity index (χ1v) is 10.3. The number of fused-ring (bicyclic) bond motifs is 1. The molecule has 0 spiro atoms. The van der Waals surface area contributed by atoms with Crippen LogP contribution in [-0.2, 0) is 5.41 Å². The molecule has 2 aromatic carbocycles. The molecule has 1 heterocycles. The van der Waals surface area contributed by atoms with Crippen molar-refractivity contribution in [3.05, 3.63) is 59.7 Å². The summed E-state index contributed by atoms with van der Waals surface area (Å²) in [6, 6.07) is 15.2. The largest absolute Gasteiger partial charge is 0.497 e. The second kappa shape index (κ2) is 8.22. The van der Waals surface area contributed by atoms with Gasteiger partial charge in [0.15, 0.2) is 0 Å². The molecule has 2 nitrogen and oxygen atoms in total. The van der Waals surface area contributed by atoms with Gasteiger partial charge in [0.1, 0.15) is 11.5 Å². The minimum absolute atomic E-state index is 0.0449. The zero-order chi connectivity index (χ0) is 18.6. The van der Waals surface area contributed by atoms with Crippen molar-refractivity contribution >= 4 is 17.3 Å². The topological polar surface area (TPSA) is 18.5 Å². The summed E-state index contributed by atoms with van der Waals surface area (Å²) in [5.41, 5.74) is 4.24. The Kier molecular flexibility index (Phi) is 5.98. The number of hydrogen-bond donors (Lipinski definition) is 0. The van der Waals surface area contributed by atoms with Crippen molar-refractivity contribution < 1.29 is 9.47 Å². The molecule has 0 N–H and O–H groups in total. The van der Waals surface area contributed by atoms with E-state index in [1.807, 2.05) is 11.8 Å². The van der Waals surface area contributed by atoms with Crippen LogP contribution >= 0.6 is 11.8 Å². The van der Waals surface area contributed by atoms with Crippen LogP contribution in [0.2, 0.25) is 0 Å². The fourth-order valence-corrected chi connectivity index (χ4v) is 5.35. The molecule has 0 saturated carbocycles. The van der Waals surface area contributed by atoms with E-state index in [1.54, 1.807) is 14.2 Å². The molecule has 0 aliphatic carbocycles. The maximum atomic E-state index is 5.44. The molecule has 0 bridgehead atoms. The molecule has 0 radical (unpaired) electrons. The van der Waals surface area contributed by atoms with Gasteiger partial charge in [0, 0.05) is 16.1 Å². The van der Waals surface area contributed by atoms with Crippen LogP contribution in [0.25, 0.3) is 5.57 Å². The molecule has 1 unspecified atom stereocenters. The van der Waals surface area contributed by atoms with Gasteiger partial charge in [0.25, 0.3) is 0 Å². The van der Waals surface area contributed by atoms with Crippen LogP contribution in [0.4, 0.5) is 0 Å². The van der Waals surface area contributed by atoms with Crippen LogP contribution in [0.5, 0.6) is 11.5 Å². The van der Waals surface area contributed by atoms with Crippen molar-refractivity contribution in [1.82, 2.24) is 0 Å². The molecule has 0 fully saturated rings. The third-order valence-corrected chi connectivity index (χ3v) is 6.48. The van der Waals surface area contributed by atoms with Crippen molar-refractivity contribution in [2.45, 2.75) is 43.4 Å². The molecule has 1 aliphatic rings. The van der Waals surface area contributed by atoms with Gasteiger partial charge in [-0.05, 0) is 59.9 Å². The summed E-state index contributed by atoms with van der Waals surface area (Å²) in [4.78, 5) is 1.32. The predicted molar refractivity (Wildman–Crippen MR) is 112 cm³/mol. The Morgan fingerprint density at radius 1 is 1.00 bits per heavy atom. The fourth-order valence-electron chi connectivity index (χ4n) is 3.94. The highest BCUT2D eigenvalue weighted by Crippen LogP contribution is 2.52. The number of ether oxygens (including phenoxy) is 2. The van der Waals surface area contributed by atoms with E-state index in [0.717, 1.165) is 36.5 Å². The number of methoxy groups -OCH3 is 2. The molecule has 2 aromatic rings. The number of thioether (sulfide) groups is 1. The summed E-state index contributed by atoms with van der Waals surface area (Å²) >= 11 is 1.95. The summed E-state index contributed by atoms with van der Waals surface area (Å²) in [6.45, 7) is 4.51. The number of allylic oxidation sites excluding steroid dienone is 2. The molecule has 0 saturated heterocycles. The van der Waals surface area contributed by atoms with Crippen molar-refractivity contribution in [2.75, 3.05) is 20.0 Å². The predicted octanol–water partition coefficient (Wildman–Crippen LogP) is 6.34. The van der Waals surface area contributed by atoms with Gasteiger partial charge in [-0.2, -0.15) is 0 Å². The summed E-state index contributed by atoms with van der Waals surface area (Å²) in [5, 5.41) is 0. The minimum atomic E-state index is 0.0449. The lowest BCUT2D eigenvalue weighted by atomic mass is 9.69. The summed E-state index contributed by atoms with van der Waals surface area (Å²) in [6.07, 6.45) is 5.75. The molecule has 26 heavy (non-hydrogen) atoms. The Balaban J connectivity index is 2.15. The van der Waals surface area contributed by atoms with E-state index < -0.39 is 0 Å². The van der Waals surface area contributed by atoms with Gasteiger partial charge in [-0.25, -0.2) is 0 Å². The maximum absolute atomic E-state index is 5.44. The molecule has 1 aliphatic heterocycles. The summed E-state index contributed by atoms with van der Waals surface area (Å²) in [7, 11) is 3.45. The van der Waals surface area contributed by atoms with E-state index in [1.165, 1.54) is 21.6 Å². The van der Waals surface area contributed by atoms with E-state index in [-0.39, 0.29) is 5.41 Å². The highest BCUT2D eigenvalue weighted by molar-refractivity contribution is 7.99. The number of benzene rings is 2. The third kappa shape index (κ3) is 3.37. The minimum Gasteiger partial charge on any atom is -0.497 e. The Morgan fingerprint density at radius 3 is 2.31 bits per heavy atom. The Bertz CT molecular complexity index is 779. The molecule has 3 heteroatoms. The van der Waals surface area contributed by atoms with E-state index in [4.69, 9.17) is 9.47 Å². The van der Waals surface area contributed by atoms with Crippen LogP contribution < -0.4 is 9.47 Å². The second-order valence-corrected chi connectivity index (χ2v) is 7.75. The van der Waals surface area contributed by atoms with Crippen LogP contribution in [0.3, 0.4) is 0 Å². The first kappa shape index (κ1) is 18.9. The van der Waals surface area contributed by atoms with Crippen molar-refractivity contribution in [3.63, 3.8) is 0 Å². The van der Waals surface area contributed by atoms with Crippen LogP contribution in [0, 0.1) is 0 Å². The molecular formula is C23H28O2S. The van der Waals surface area contributed by atoms with Gasteiger partial charge in [0.05, 0.1) is 14.2 Å². The standard InChI is InChI=1S/C23H28O2S/c1-5-7-21-20-13-12-19(25-4)15-22(20)26-16-23(21,14-6-2)17-8-10-18(24-3)11-9-17/h7-13,15H,5-6,14,16H2,1-4H3/b21-7+. The zero-order valence-corrected chi connectivity index (χ0v) is 17.0. The highest BCUT2D eigenvalue weighted by atomic mass is 32.2. The van der Waals surface area contributed by atoms with Crippen LogP contribution in [-0.4, -0.2) is 20.0 Å². The monoisotopic (exact) mass is 368 g/mol. The van der Waals surface area contributed by atoms with Gasteiger partial charge in [-0.3, -0.25) is 0 Å². The third-order valence-electron chi connectivity index (χ3n) is 5.20. The van der Waals surface area contributed by atoms with Crippen molar-refractivity contribution in [3.8, 4) is 11.5 Å². The quantitative estimate of drug-likeness (QED) is 0.592. The summed E-state index contributed by atoms with van der Waals surface area (Å²) in [5.74, 6) is 2.90.